The minimum absolute atomic E-state index is 0.337. The second-order valence-electron chi connectivity index (χ2n) is 5.88. The molecule has 1 heterocycles. The first-order valence-electron chi connectivity index (χ1n) is 7.31. The Balaban J connectivity index is 2.06. The monoisotopic (exact) mass is 312 g/mol. The summed E-state index contributed by atoms with van der Waals surface area (Å²) in [5, 5.41) is 0. The second kappa shape index (κ2) is 6.77. The second-order valence-corrected chi connectivity index (χ2v) is 7.82. The molecule has 1 fully saturated rings. The maximum Gasteiger partial charge on any atom is 0.243 e. The number of piperazine rings is 1. The topological polar surface area (TPSA) is 49.9 Å². The molecule has 0 amide bonds. The highest BCUT2D eigenvalue weighted by molar-refractivity contribution is 7.89. The van der Waals surface area contributed by atoms with Gasteiger partial charge in [-0.15, -0.1) is 0 Å². The van der Waals surface area contributed by atoms with Crippen LogP contribution in [0, 0.1) is 5.92 Å². The van der Waals surface area contributed by atoms with Crippen molar-refractivity contribution >= 4 is 10.0 Å². The predicted molar refractivity (Wildman–Crippen MR) is 83.0 cm³/mol. The molecule has 1 aliphatic heterocycles. The van der Waals surface area contributed by atoms with Crippen molar-refractivity contribution in [2.24, 2.45) is 5.92 Å². The fraction of sp³-hybridized carbons (Fsp3) is 0.600. The average molecular weight is 312 g/mol. The molecule has 1 aromatic carbocycles. The number of sulfonamides is 1. The fourth-order valence-electron chi connectivity index (χ4n) is 2.15. The molecule has 1 aliphatic rings. The summed E-state index contributed by atoms with van der Waals surface area (Å²) in [5.41, 5.74) is 0. The summed E-state index contributed by atoms with van der Waals surface area (Å²) < 4.78 is 32.2. The normalized spacial score (nSPS) is 18.1. The Bertz CT molecular complexity index is 547. The first-order chi connectivity index (χ1) is 9.89. The Morgan fingerprint density at radius 3 is 2.19 bits per heavy atom. The van der Waals surface area contributed by atoms with Gasteiger partial charge in [0.05, 0.1) is 11.5 Å². The molecule has 0 radical (unpaired) electrons. The summed E-state index contributed by atoms with van der Waals surface area (Å²) in [7, 11) is -1.38. The summed E-state index contributed by atoms with van der Waals surface area (Å²) in [4.78, 5) is 2.47. The Hall–Kier alpha value is -1.11. The largest absolute Gasteiger partial charge is 0.493 e. The summed E-state index contributed by atoms with van der Waals surface area (Å²) >= 11 is 0. The molecular formula is C15H24N2O3S. The Morgan fingerprint density at radius 2 is 1.67 bits per heavy atom. The SMILES string of the molecule is CC(C)COc1ccc(S(=O)(=O)N2CCN(C)CC2)cc1. The summed E-state index contributed by atoms with van der Waals surface area (Å²) in [6.07, 6.45) is 0. The zero-order valence-corrected chi connectivity index (χ0v) is 13.8. The number of hydrogen-bond acceptors (Lipinski definition) is 4. The predicted octanol–water partition coefficient (Wildman–Crippen LogP) is 1.66. The lowest BCUT2D eigenvalue weighted by Crippen LogP contribution is -2.46. The van der Waals surface area contributed by atoms with Crippen LogP contribution in [-0.2, 0) is 10.0 Å². The van der Waals surface area contributed by atoms with Crippen LogP contribution in [0.4, 0.5) is 0 Å². The van der Waals surface area contributed by atoms with E-state index in [1.54, 1.807) is 28.6 Å². The molecule has 0 aromatic heterocycles. The van der Waals surface area contributed by atoms with Crippen molar-refractivity contribution in [3.8, 4) is 5.75 Å². The van der Waals surface area contributed by atoms with E-state index < -0.39 is 10.0 Å². The van der Waals surface area contributed by atoms with E-state index in [0.717, 1.165) is 13.1 Å². The van der Waals surface area contributed by atoms with Gasteiger partial charge in [-0.1, -0.05) is 13.8 Å². The van der Waals surface area contributed by atoms with Gasteiger partial charge in [-0.3, -0.25) is 0 Å². The van der Waals surface area contributed by atoms with E-state index in [1.165, 1.54) is 0 Å². The smallest absolute Gasteiger partial charge is 0.243 e. The van der Waals surface area contributed by atoms with Crippen LogP contribution in [0.5, 0.6) is 5.75 Å². The quantitative estimate of drug-likeness (QED) is 0.830. The summed E-state index contributed by atoms with van der Waals surface area (Å²) in [6.45, 7) is 7.42. The van der Waals surface area contributed by atoms with Crippen molar-refractivity contribution in [2.45, 2.75) is 18.7 Å². The summed E-state index contributed by atoms with van der Waals surface area (Å²) in [6, 6.07) is 6.71. The lowest BCUT2D eigenvalue weighted by molar-refractivity contribution is 0.222. The first-order valence-corrected chi connectivity index (χ1v) is 8.75. The van der Waals surface area contributed by atoms with Gasteiger partial charge in [0.2, 0.25) is 10.0 Å². The van der Waals surface area contributed by atoms with Gasteiger partial charge in [-0.2, -0.15) is 4.31 Å². The van der Waals surface area contributed by atoms with E-state index in [4.69, 9.17) is 4.74 Å². The molecule has 5 nitrogen and oxygen atoms in total. The third kappa shape index (κ3) is 4.18. The first kappa shape index (κ1) is 16.3. The molecule has 0 N–H and O–H groups in total. The maximum absolute atomic E-state index is 12.5. The molecular weight excluding hydrogens is 288 g/mol. The van der Waals surface area contributed by atoms with E-state index in [9.17, 15) is 8.42 Å². The van der Waals surface area contributed by atoms with E-state index in [0.29, 0.717) is 36.3 Å². The van der Waals surface area contributed by atoms with E-state index >= 15 is 0 Å². The third-order valence-electron chi connectivity index (χ3n) is 3.51. The number of likely N-dealkylation sites (N-methyl/N-ethyl adjacent to an activating group) is 1. The zero-order valence-electron chi connectivity index (χ0n) is 12.9. The summed E-state index contributed by atoms with van der Waals surface area (Å²) in [5.74, 6) is 1.15. The van der Waals surface area contributed by atoms with Crippen LogP contribution in [0.25, 0.3) is 0 Å². The molecule has 1 saturated heterocycles. The van der Waals surface area contributed by atoms with Crippen LogP contribution < -0.4 is 4.74 Å². The highest BCUT2D eigenvalue weighted by Gasteiger charge is 2.27. The van der Waals surface area contributed by atoms with Crippen LogP contribution in [0.3, 0.4) is 0 Å². The number of benzene rings is 1. The third-order valence-corrected chi connectivity index (χ3v) is 5.42. The minimum Gasteiger partial charge on any atom is -0.493 e. The lowest BCUT2D eigenvalue weighted by Gasteiger charge is -2.31. The fourth-order valence-corrected chi connectivity index (χ4v) is 3.57. The molecule has 6 heteroatoms. The van der Waals surface area contributed by atoms with E-state index in [2.05, 4.69) is 18.7 Å². The van der Waals surface area contributed by atoms with Crippen LogP contribution in [0.1, 0.15) is 13.8 Å². The van der Waals surface area contributed by atoms with Crippen molar-refractivity contribution in [3.05, 3.63) is 24.3 Å². The molecule has 0 saturated carbocycles. The van der Waals surface area contributed by atoms with Gasteiger partial charge in [0.15, 0.2) is 0 Å². The highest BCUT2D eigenvalue weighted by atomic mass is 32.2. The van der Waals surface area contributed by atoms with Crippen molar-refractivity contribution in [3.63, 3.8) is 0 Å². The minimum atomic E-state index is -3.38. The van der Waals surface area contributed by atoms with Gasteiger partial charge in [0.1, 0.15) is 5.75 Å². The van der Waals surface area contributed by atoms with E-state index in [1.807, 2.05) is 7.05 Å². The van der Waals surface area contributed by atoms with Gasteiger partial charge >= 0.3 is 0 Å². The maximum atomic E-state index is 12.5. The standard InChI is InChI=1S/C15H24N2O3S/c1-13(2)12-20-14-4-6-15(7-5-14)21(18,19)17-10-8-16(3)9-11-17/h4-7,13H,8-12H2,1-3H3. The van der Waals surface area contributed by atoms with Gasteiger partial charge in [-0.05, 0) is 37.2 Å². The number of nitrogens with zero attached hydrogens (tertiary/aromatic N) is 2. The molecule has 0 unspecified atom stereocenters. The molecule has 0 spiro atoms. The Kier molecular flexibility index (Phi) is 5.24. The van der Waals surface area contributed by atoms with Crippen LogP contribution >= 0.6 is 0 Å². The van der Waals surface area contributed by atoms with Gasteiger partial charge in [0.25, 0.3) is 0 Å². The van der Waals surface area contributed by atoms with Gasteiger partial charge in [-0.25, -0.2) is 8.42 Å². The average Bonchev–Trinajstić information content (AvgIpc) is 2.46. The molecule has 0 bridgehead atoms. The zero-order chi connectivity index (χ0) is 15.5. The number of hydrogen-bond donors (Lipinski definition) is 0. The molecule has 2 rings (SSSR count). The van der Waals surface area contributed by atoms with Crippen LogP contribution in [-0.4, -0.2) is 57.5 Å². The molecule has 1 aromatic rings. The van der Waals surface area contributed by atoms with Crippen molar-refractivity contribution in [1.29, 1.82) is 0 Å². The Morgan fingerprint density at radius 1 is 1.10 bits per heavy atom. The highest BCUT2D eigenvalue weighted by Crippen LogP contribution is 2.21. The van der Waals surface area contributed by atoms with E-state index in [-0.39, 0.29) is 0 Å². The molecule has 118 valence electrons. The van der Waals surface area contributed by atoms with Crippen molar-refractivity contribution in [2.75, 3.05) is 39.8 Å². The van der Waals surface area contributed by atoms with Gasteiger partial charge in [0, 0.05) is 26.2 Å². The van der Waals surface area contributed by atoms with Gasteiger partial charge < -0.3 is 9.64 Å². The van der Waals surface area contributed by atoms with Crippen LogP contribution in [0.15, 0.2) is 29.2 Å². The Labute approximate surface area is 127 Å². The lowest BCUT2D eigenvalue weighted by atomic mass is 10.2. The number of ether oxygens (including phenoxy) is 1. The molecule has 0 aliphatic carbocycles. The van der Waals surface area contributed by atoms with Crippen LogP contribution in [0.2, 0.25) is 0 Å². The van der Waals surface area contributed by atoms with Crippen molar-refractivity contribution < 1.29 is 13.2 Å². The molecule has 21 heavy (non-hydrogen) atoms. The number of rotatable bonds is 5. The molecule has 0 atom stereocenters. The van der Waals surface area contributed by atoms with Crippen molar-refractivity contribution in [1.82, 2.24) is 9.21 Å².